The second kappa shape index (κ2) is 6.88. The number of hydrogen-bond acceptors (Lipinski definition) is 3. The van der Waals surface area contributed by atoms with Crippen LogP contribution in [0.5, 0.6) is 0 Å². The lowest BCUT2D eigenvalue weighted by molar-refractivity contribution is -0.0348. The zero-order valence-electron chi connectivity index (χ0n) is 12.3. The number of nitrogens with zero attached hydrogens (tertiary/aromatic N) is 1. The number of ether oxygens (including phenoxy) is 1. The quantitative estimate of drug-likeness (QED) is 0.833. The van der Waals surface area contributed by atoms with Crippen LogP contribution in [-0.2, 0) is 4.74 Å². The average molecular weight is 254 g/mol. The highest BCUT2D eigenvalue weighted by atomic mass is 16.5. The first-order valence-electron chi connectivity index (χ1n) is 7.79. The van der Waals surface area contributed by atoms with Gasteiger partial charge in [-0.1, -0.05) is 13.8 Å². The molecule has 2 heterocycles. The Morgan fingerprint density at radius 1 is 1.22 bits per heavy atom. The summed E-state index contributed by atoms with van der Waals surface area (Å²) in [5.41, 5.74) is 0. The van der Waals surface area contributed by atoms with Gasteiger partial charge in [0.25, 0.3) is 0 Å². The fourth-order valence-electron chi connectivity index (χ4n) is 3.40. The standard InChI is InChI=1S/C15H30N2O/c1-4-8-16-14-7-9-18-11-15(14)17-10-12(2)5-6-13(17)3/h12-16H,4-11H2,1-3H3. The first kappa shape index (κ1) is 14.3. The summed E-state index contributed by atoms with van der Waals surface area (Å²) in [7, 11) is 0. The number of rotatable bonds is 4. The van der Waals surface area contributed by atoms with Crippen molar-refractivity contribution in [1.82, 2.24) is 10.2 Å². The largest absolute Gasteiger partial charge is 0.380 e. The van der Waals surface area contributed by atoms with Gasteiger partial charge in [-0.15, -0.1) is 0 Å². The lowest BCUT2D eigenvalue weighted by atomic mass is 9.90. The van der Waals surface area contributed by atoms with Crippen LogP contribution in [0.2, 0.25) is 0 Å². The smallest absolute Gasteiger partial charge is 0.0637 e. The van der Waals surface area contributed by atoms with Crippen molar-refractivity contribution in [2.75, 3.05) is 26.3 Å². The van der Waals surface area contributed by atoms with E-state index in [4.69, 9.17) is 4.74 Å². The van der Waals surface area contributed by atoms with Crippen molar-refractivity contribution in [2.24, 2.45) is 5.92 Å². The van der Waals surface area contributed by atoms with Gasteiger partial charge in [-0.3, -0.25) is 4.90 Å². The average Bonchev–Trinajstić information content (AvgIpc) is 2.39. The summed E-state index contributed by atoms with van der Waals surface area (Å²) in [5, 5.41) is 3.73. The van der Waals surface area contributed by atoms with Gasteiger partial charge in [0.05, 0.1) is 6.61 Å². The van der Waals surface area contributed by atoms with Crippen LogP contribution < -0.4 is 5.32 Å². The Hall–Kier alpha value is -0.120. The molecule has 4 atom stereocenters. The third-order valence-corrected chi connectivity index (χ3v) is 4.57. The zero-order chi connectivity index (χ0) is 13.0. The van der Waals surface area contributed by atoms with Crippen LogP contribution in [0.15, 0.2) is 0 Å². The van der Waals surface area contributed by atoms with E-state index >= 15 is 0 Å². The molecule has 2 fully saturated rings. The zero-order valence-corrected chi connectivity index (χ0v) is 12.3. The maximum atomic E-state index is 5.75. The van der Waals surface area contributed by atoms with Crippen molar-refractivity contribution in [2.45, 2.75) is 64.6 Å². The molecule has 0 radical (unpaired) electrons. The van der Waals surface area contributed by atoms with Gasteiger partial charge in [-0.25, -0.2) is 0 Å². The van der Waals surface area contributed by atoms with Gasteiger partial charge < -0.3 is 10.1 Å². The van der Waals surface area contributed by atoms with Gasteiger partial charge >= 0.3 is 0 Å². The molecule has 0 saturated carbocycles. The third kappa shape index (κ3) is 3.46. The lowest BCUT2D eigenvalue weighted by Gasteiger charge is -2.46. The summed E-state index contributed by atoms with van der Waals surface area (Å²) in [5.74, 6) is 0.843. The first-order valence-corrected chi connectivity index (χ1v) is 7.79. The summed E-state index contributed by atoms with van der Waals surface area (Å²) < 4.78 is 5.75. The molecule has 0 aromatic heterocycles. The molecule has 4 unspecified atom stereocenters. The highest BCUT2D eigenvalue weighted by Gasteiger charge is 2.35. The van der Waals surface area contributed by atoms with Crippen molar-refractivity contribution >= 4 is 0 Å². The number of likely N-dealkylation sites (tertiary alicyclic amines) is 1. The number of hydrogen-bond donors (Lipinski definition) is 1. The topological polar surface area (TPSA) is 24.5 Å². The summed E-state index contributed by atoms with van der Waals surface area (Å²) >= 11 is 0. The Morgan fingerprint density at radius 2 is 2.06 bits per heavy atom. The van der Waals surface area contributed by atoms with Gasteiger partial charge in [-0.05, 0) is 45.1 Å². The van der Waals surface area contributed by atoms with E-state index in [-0.39, 0.29) is 0 Å². The minimum absolute atomic E-state index is 0.586. The summed E-state index contributed by atoms with van der Waals surface area (Å²) in [6.07, 6.45) is 5.12. The molecule has 0 aromatic carbocycles. The summed E-state index contributed by atoms with van der Waals surface area (Å²) in [6, 6.07) is 1.94. The summed E-state index contributed by atoms with van der Waals surface area (Å²) in [6.45, 7) is 11.2. The van der Waals surface area contributed by atoms with Crippen LogP contribution in [0.25, 0.3) is 0 Å². The van der Waals surface area contributed by atoms with Crippen molar-refractivity contribution in [3.05, 3.63) is 0 Å². The first-order chi connectivity index (χ1) is 8.72. The molecule has 0 aliphatic carbocycles. The minimum atomic E-state index is 0.586. The molecule has 0 aromatic rings. The van der Waals surface area contributed by atoms with Crippen LogP contribution in [0, 0.1) is 5.92 Å². The Balaban J connectivity index is 1.97. The molecule has 18 heavy (non-hydrogen) atoms. The Bertz CT molecular complexity index is 247. The molecule has 0 bridgehead atoms. The molecule has 106 valence electrons. The minimum Gasteiger partial charge on any atom is -0.380 e. The number of nitrogens with one attached hydrogen (secondary N) is 1. The molecule has 0 spiro atoms. The van der Waals surface area contributed by atoms with Crippen LogP contribution in [0.1, 0.15) is 46.5 Å². The Labute approximate surface area is 112 Å². The van der Waals surface area contributed by atoms with Gasteiger partial charge in [0, 0.05) is 31.3 Å². The fraction of sp³-hybridized carbons (Fsp3) is 1.00. The van der Waals surface area contributed by atoms with Gasteiger partial charge in [0.15, 0.2) is 0 Å². The molecule has 2 rings (SSSR count). The highest BCUT2D eigenvalue weighted by Crippen LogP contribution is 2.26. The lowest BCUT2D eigenvalue weighted by Crippen LogP contribution is -2.59. The van der Waals surface area contributed by atoms with E-state index in [0.717, 1.165) is 31.7 Å². The van der Waals surface area contributed by atoms with E-state index in [1.807, 2.05) is 0 Å². The molecule has 2 aliphatic heterocycles. The van der Waals surface area contributed by atoms with E-state index in [1.165, 1.54) is 32.2 Å². The van der Waals surface area contributed by atoms with Crippen LogP contribution in [-0.4, -0.2) is 49.3 Å². The van der Waals surface area contributed by atoms with Crippen molar-refractivity contribution in [3.8, 4) is 0 Å². The van der Waals surface area contributed by atoms with Gasteiger partial charge in [0.2, 0.25) is 0 Å². The number of piperidine rings is 1. The second-order valence-corrected chi connectivity index (χ2v) is 6.22. The fourth-order valence-corrected chi connectivity index (χ4v) is 3.40. The molecule has 2 saturated heterocycles. The van der Waals surface area contributed by atoms with E-state index < -0.39 is 0 Å². The Kier molecular flexibility index (Phi) is 5.46. The summed E-state index contributed by atoms with van der Waals surface area (Å²) in [4.78, 5) is 2.71. The van der Waals surface area contributed by atoms with Gasteiger partial charge in [-0.2, -0.15) is 0 Å². The molecular weight excluding hydrogens is 224 g/mol. The maximum Gasteiger partial charge on any atom is 0.0637 e. The van der Waals surface area contributed by atoms with Crippen molar-refractivity contribution in [1.29, 1.82) is 0 Å². The second-order valence-electron chi connectivity index (χ2n) is 6.22. The SMILES string of the molecule is CCCNC1CCOCC1N1CC(C)CCC1C. The normalized spacial score (nSPS) is 38.8. The molecule has 1 N–H and O–H groups in total. The van der Waals surface area contributed by atoms with Crippen LogP contribution >= 0.6 is 0 Å². The van der Waals surface area contributed by atoms with Crippen LogP contribution in [0.4, 0.5) is 0 Å². The van der Waals surface area contributed by atoms with E-state index in [0.29, 0.717) is 12.1 Å². The van der Waals surface area contributed by atoms with Gasteiger partial charge in [0.1, 0.15) is 0 Å². The molecule has 3 nitrogen and oxygen atoms in total. The predicted octanol–water partition coefficient (Wildman–Crippen LogP) is 2.26. The maximum absolute atomic E-state index is 5.75. The molecule has 2 aliphatic rings. The molecular formula is C15H30N2O. The van der Waals surface area contributed by atoms with E-state index in [9.17, 15) is 0 Å². The highest BCUT2D eigenvalue weighted by molar-refractivity contribution is 4.91. The Morgan fingerprint density at radius 3 is 2.83 bits per heavy atom. The monoisotopic (exact) mass is 254 g/mol. The van der Waals surface area contributed by atoms with Crippen molar-refractivity contribution in [3.63, 3.8) is 0 Å². The predicted molar refractivity (Wildman–Crippen MR) is 75.9 cm³/mol. The third-order valence-electron chi connectivity index (χ3n) is 4.57. The molecule has 0 amide bonds. The van der Waals surface area contributed by atoms with E-state index in [2.05, 4.69) is 31.0 Å². The van der Waals surface area contributed by atoms with Crippen LogP contribution in [0.3, 0.4) is 0 Å². The van der Waals surface area contributed by atoms with Crippen molar-refractivity contribution < 1.29 is 4.74 Å². The van der Waals surface area contributed by atoms with E-state index in [1.54, 1.807) is 0 Å². The molecule has 3 heteroatoms.